The molecule has 1 heterocycles. The van der Waals surface area contributed by atoms with Gasteiger partial charge in [0, 0.05) is 18.6 Å². The first-order valence-corrected chi connectivity index (χ1v) is 10.0. The summed E-state index contributed by atoms with van der Waals surface area (Å²) >= 11 is 7.24. The van der Waals surface area contributed by atoms with Crippen LogP contribution >= 0.6 is 23.4 Å². The topological polar surface area (TPSA) is 114 Å². The maximum absolute atomic E-state index is 12.4. The number of benzene rings is 1. The van der Waals surface area contributed by atoms with E-state index in [0.717, 1.165) is 12.2 Å². The van der Waals surface area contributed by atoms with Gasteiger partial charge in [0.1, 0.15) is 5.82 Å². The second kappa shape index (κ2) is 8.71. The fourth-order valence-electron chi connectivity index (χ4n) is 3.08. The van der Waals surface area contributed by atoms with Crippen molar-refractivity contribution in [3.8, 4) is 0 Å². The fraction of sp³-hybridized carbons (Fsp3) is 0.471. The van der Waals surface area contributed by atoms with Crippen LogP contribution < -0.4 is 5.32 Å². The predicted octanol–water partition coefficient (Wildman–Crippen LogP) is 4.22. The van der Waals surface area contributed by atoms with Crippen LogP contribution in [0.2, 0.25) is 5.02 Å². The molecule has 1 aromatic heterocycles. The lowest BCUT2D eigenvalue weighted by atomic mass is 10.0. The highest BCUT2D eigenvalue weighted by Gasteiger charge is 2.21. The van der Waals surface area contributed by atoms with E-state index in [1.165, 1.54) is 55.6 Å². The van der Waals surface area contributed by atoms with Gasteiger partial charge in [-0.25, -0.2) is 4.98 Å². The highest BCUT2D eigenvalue weighted by Crippen LogP contribution is 2.29. The number of aromatic amines is 1. The monoisotopic (exact) mass is 409 g/mol. The van der Waals surface area contributed by atoms with Gasteiger partial charge in [-0.3, -0.25) is 20.0 Å². The van der Waals surface area contributed by atoms with Crippen molar-refractivity contribution in [1.29, 1.82) is 0 Å². The van der Waals surface area contributed by atoms with E-state index in [-0.39, 0.29) is 22.3 Å². The molecular formula is C17H20ClN5O3S. The smallest absolute Gasteiger partial charge is 0.271 e. The maximum Gasteiger partial charge on any atom is 0.271 e. The molecule has 1 fully saturated rings. The summed E-state index contributed by atoms with van der Waals surface area (Å²) in [6.07, 6.45) is 5.89. The lowest BCUT2D eigenvalue weighted by molar-refractivity contribution is -0.384. The summed E-state index contributed by atoms with van der Waals surface area (Å²) in [4.78, 5) is 27.2. The highest BCUT2D eigenvalue weighted by molar-refractivity contribution is 8.00. The van der Waals surface area contributed by atoms with Crippen LogP contribution in [0.5, 0.6) is 0 Å². The number of rotatable bonds is 7. The van der Waals surface area contributed by atoms with Crippen LogP contribution in [0.1, 0.15) is 38.4 Å². The number of thioether (sulfide) groups is 1. The summed E-state index contributed by atoms with van der Waals surface area (Å²) in [5, 5.41) is 20.9. The average molecular weight is 410 g/mol. The normalized spacial score (nSPS) is 15.6. The number of amides is 1. The fourth-order valence-corrected chi connectivity index (χ4v) is 3.99. The van der Waals surface area contributed by atoms with Gasteiger partial charge < -0.3 is 5.32 Å². The Labute approximate surface area is 165 Å². The number of halogens is 1. The molecule has 0 radical (unpaired) electrons. The zero-order valence-corrected chi connectivity index (χ0v) is 16.3. The van der Waals surface area contributed by atoms with Crippen LogP contribution in [-0.4, -0.2) is 31.3 Å². The van der Waals surface area contributed by atoms with Crippen LogP contribution in [0.25, 0.3) is 0 Å². The number of hydrogen-bond donors (Lipinski definition) is 2. The lowest BCUT2D eigenvalue weighted by Gasteiger charge is -2.11. The van der Waals surface area contributed by atoms with Crippen LogP contribution in [0, 0.1) is 16.0 Å². The van der Waals surface area contributed by atoms with Gasteiger partial charge in [-0.1, -0.05) is 49.0 Å². The van der Waals surface area contributed by atoms with E-state index in [0.29, 0.717) is 11.1 Å². The van der Waals surface area contributed by atoms with Crippen molar-refractivity contribution in [3.63, 3.8) is 0 Å². The number of carbonyl (C=O) groups is 1. The molecule has 2 aromatic rings. The molecule has 8 nitrogen and oxygen atoms in total. The standard InChI is InChI=1S/C17H20ClN5O3S/c1-10(16(24)19-14-9-12(23(25)26)6-7-13(14)18)27-17-20-15(21-22-17)8-11-4-2-3-5-11/h6-7,9-11H,2-5,8H2,1H3,(H,19,24)(H,20,21,22). The van der Waals surface area contributed by atoms with Crippen LogP contribution in [0.3, 0.4) is 0 Å². The molecule has 0 bridgehead atoms. The van der Waals surface area contributed by atoms with Crippen molar-refractivity contribution in [3.05, 3.63) is 39.2 Å². The number of nitro groups is 1. The number of hydrogen-bond acceptors (Lipinski definition) is 6. The van der Waals surface area contributed by atoms with Crippen LogP contribution in [-0.2, 0) is 11.2 Å². The molecule has 27 heavy (non-hydrogen) atoms. The van der Waals surface area contributed by atoms with Crippen LogP contribution in [0.15, 0.2) is 23.4 Å². The zero-order chi connectivity index (χ0) is 19.4. The molecule has 10 heteroatoms. The molecule has 0 aliphatic heterocycles. The third-order valence-corrected chi connectivity index (χ3v) is 5.83. The second-order valence-electron chi connectivity index (χ2n) is 6.59. The van der Waals surface area contributed by atoms with E-state index >= 15 is 0 Å². The number of carbonyl (C=O) groups excluding carboxylic acids is 1. The molecule has 1 aromatic carbocycles. The molecule has 1 amide bonds. The molecule has 0 spiro atoms. The highest BCUT2D eigenvalue weighted by atomic mass is 35.5. The Morgan fingerprint density at radius 1 is 1.48 bits per heavy atom. The number of aromatic nitrogens is 3. The first-order chi connectivity index (χ1) is 12.9. The summed E-state index contributed by atoms with van der Waals surface area (Å²) in [7, 11) is 0. The quantitative estimate of drug-likeness (QED) is 0.402. The summed E-state index contributed by atoms with van der Waals surface area (Å²) < 4.78 is 0. The van der Waals surface area contributed by atoms with Crippen molar-refractivity contribution in [2.45, 2.75) is 49.4 Å². The third kappa shape index (κ3) is 5.20. The number of nitrogens with one attached hydrogen (secondary N) is 2. The van der Waals surface area contributed by atoms with Crippen LogP contribution in [0.4, 0.5) is 11.4 Å². The van der Waals surface area contributed by atoms with Gasteiger partial charge in [-0.05, 0) is 18.9 Å². The third-order valence-electron chi connectivity index (χ3n) is 4.54. The summed E-state index contributed by atoms with van der Waals surface area (Å²) in [6, 6.07) is 3.91. The Morgan fingerprint density at radius 3 is 2.93 bits per heavy atom. The number of nitro benzene ring substituents is 1. The lowest BCUT2D eigenvalue weighted by Crippen LogP contribution is -2.22. The SMILES string of the molecule is CC(Sc1n[nH]c(CC2CCCC2)n1)C(=O)Nc1cc([N+](=O)[O-])ccc1Cl. The van der Waals surface area contributed by atoms with E-state index in [2.05, 4.69) is 20.5 Å². The summed E-state index contributed by atoms with van der Waals surface area (Å²) in [5.74, 6) is 1.18. The Bertz CT molecular complexity index is 838. The number of anilines is 1. The molecule has 1 saturated carbocycles. The molecule has 3 rings (SSSR count). The van der Waals surface area contributed by atoms with Gasteiger partial charge in [0.05, 0.1) is 20.9 Å². The average Bonchev–Trinajstić information content (AvgIpc) is 3.29. The van der Waals surface area contributed by atoms with Gasteiger partial charge in [-0.2, -0.15) is 0 Å². The molecule has 2 N–H and O–H groups in total. The Balaban J connectivity index is 1.58. The van der Waals surface area contributed by atoms with E-state index in [9.17, 15) is 14.9 Å². The Morgan fingerprint density at radius 2 is 2.22 bits per heavy atom. The van der Waals surface area contributed by atoms with Crippen molar-refractivity contribution in [2.75, 3.05) is 5.32 Å². The van der Waals surface area contributed by atoms with E-state index in [1.54, 1.807) is 6.92 Å². The number of H-pyrrole nitrogens is 1. The Kier molecular flexibility index (Phi) is 6.33. The maximum atomic E-state index is 12.4. The molecular weight excluding hydrogens is 390 g/mol. The zero-order valence-electron chi connectivity index (χ0n) is 14.8. The molecule has 1 unspecified atom stereocenters. The molecule has 1 atom stereocenters. The summed E-state index contributed by atoms with van der Waals surface area (Å²) in [6.45, 7) is 1.72. The molecule has 144 valence electrons. The second-order valence-corrected chi connectivity index (χ2v) is 8.31. The molecule has 1 aliphatic rings. The van der Waals surface area contributed by atoms with Crippen molar-refractivity contribution < 1.29 is 9.72 Å². The Hall–Kier alpha value is -2.13. The van der Waals surface area contributed by atoms with E-state index in [4.69, 9.17) is 11.6 Å². The minimum absolute atomic E-state index is 0.138. The van der Waals surface area contributed by atoms with Gasteiger partial charge in [0.25, 0.3) is 5.69 Å². The minimum atomic E-state index is -0.538. The number of non-ortho nitro benzene ring substituents is 1. The predicted molar refractivity (Wildman–Crippen MR) is 104 cm³/mol. The van der Waals surface area contributed by atoms with E-state index in [1.807, 2.05) is 0 Å². The number of nitrogens with zero attached hydrogens (tertiary/aromatic N) is 3. The molecule has 1 aliphatic carbocycles. The molecule has 0 saturated heterocycles. The largest absolute Gasteiger partial charge is 0.324 e. The van der Waals surface area contributed by atoms with E-state index < -0.39 is 10.2 Å². The van der Waals surface area contributed by atoms with Gasteiger partial charge in [0.2, 0.25) is 11.1 Å². The summed E-state index contributed by atoms with van der Waals surface area (Å²) in [5.41, 5.74) is 0.0701. The van der Waals surface area contributed by atoms with Gasteiger partial charge in [0.15, 0.2) is 0 Å². The first kappa shape index (κ1) is 19.6. The van der Waals surface area contributed by atoms with Crippen molar-refractivity contribution >= 4 is 40.6 Å². The minimum Gasteiger partial charge on any atom is -0.324 e. The van der Waals surface area contributed by atoms with Crippen molar-refractivity contribution in [2.24, 2.45) is 5.92 Å². The van der Waals surface area contributed by atoms with Gasteiger partial charge >= 0.3 is 0 Å². The first-order valence-electron chi connectivity index (χ1n) is 8.75. The van der Waals surface area contributed by atoms with Gasteiger partial charge in [-0.15, -0.1) is 5.10 Å². The van der Waals surface area contributed by atoms with Crippen molar-refractivity contribution in [1.82, 2.24) is 15.2 Å².